The normalized spacial score (nSPS) is 10.2. The van der Waals surface area contributed by atoms with Crippen molar-refractivity contribution >= 4 is 11.5 Å². The number of nitrogen functional groups attached to an aromatic ring is 1. The van der Waals surface area contributed by atoms with Crippen molar-refractivity contribution in [2.45, 2.75) is 27.2 Å². The summed E-state index contributed by atoms with van der Waals surface area (Å²) in [5, 5.41) is 22.4. The van der Waals surface area contributed by atoms with Crippen molar-refractivity contribution in [3.05, 3.63) is 70.5 Å². The molecule has 0 aliphatic carbocycles. The average Bonchev–Trinajstić information content (AvgIpc) is 2.93. The fourth-order valence-corrected chi connectivity index (χ4v) is 2.67. The molecule has 2 aromatic carbocycles. The number of phenolic OH excluding ortho intramolecular Hbond substituents is 2. The largest absolute Gasteiger partial charge is 0.508 e. The highest BCUT2D eigenvalue weighted by Gasteiger charge is 2.13. The van der Waals surface area contributed by atoms with Crippen LogP contribution < -0.4 is 5.73 Å². The summed E-state index contributed by atoms with van der Waals surface area (Å²) < 4.78 is 1.60. The summed E-state index contributed by atoms with van der Waals surface area (Å²) in [5.41, 5.74) is 10.4. The lowest BCUT2D eigenvalue weighted by Gasteiger charge is -2.06. The van der Waals surface area contributed by atoms with E-state index in [1.165, 1.54) is 0 Å². The molecular formula is C21H25N3O3. The van der Waals surface area contributed by atoms with Gasteiger partial charge in [-0.05, 0) is 73.9 Å². The molecule has 0 aliphatic heterocycles. The SMILES string of the molecule is Cc1cc(C(=O)Cc2ccc(O)cc2C)n(C)n1.Cc1cc(O)ccc1N. The number of aryl methyl sites for hydroxylation is 4. The second kappa shape index (κ2) is 8.40. The second-order valence-electron chi connectivity index (χ2n) is 6.55. The fourth-order valence-electron chi connectivity index (χ4n) is 2.67. The number of carbonyl (C=O) groups excluding carboxylic acids is 1. The Kier molecular flexibility index (Phi) is 6.23. The Morgan fingerprint density at radius 2 is 1.59 bits per heavy atom. The third-order valence-corrected chi connectivity index (χ3v) is 4.22. The van der Waals surface area contributed by atoms with Gasteiger partial charge in [0.15, 0.2) is 5.78 Å². The van der Waals surface area contributed by atoms with Gasteiger partial charge in [-0.15, -0.1) is 0 Å². The molecule has 3 aromatic rings. The van der Waals surface area contributed by atoms with E-state index in [9.17, 15) is 9.90 Å². The molecule has 0 bridgehead atoms. The third-order valence-electron chi connectivity index (χ3n) is 4.22. The average molecular weight is 367 g/mol. The van der Waals surface area contributed by atoms with E-state index in [0.29, 0.717) is 17.8 Å². The lowest BCUT2D eigenvalue weighted by molar-refractivity contribution is 0.0983. The smallest absolute Gasteiger partial charge is 0.185 e. The highest BCUT2D eigenvalue weighted by Crippen LogP contribution is 2.18. The number of hydrogen-bond acceptors (Lipinski definition) is 5. The summed E-state index contributed by atoms with van der Waals surface area (Å²) >= 11 is 0. The summed E-state index contributed by atoms with van der Waals surface area (Å²) in [5.74, 6) is 0.522. The number of aromatic hydroxyl groups is 2. The third kappa shape index (κ3) is 5.34. The number of aromatic nitrogens is 2. The van der Waals surface area contributed by atoms with Gasteiger partial charge in [0.1, 0.15) is 17.2 Å². The summed E-state index contributed by atoms with van der Waals surface area (Å²) in [4.78, 5) is 12.2. The number of rotatable bonds is 3. The molecule has 6 heteroatoms. The van der Waals surface area contributed by atoms with Gasteiger partial charge in [0.2, 0.25) is 0 Å². The van der Waals surface area contributed by atoms with Crippen LogP contribution in [0.15, 0.2) is 42.5 Å². The Morgan fingerprint density at radius 1 is 1.00 bits per heavy atom. The Hall–Kier alpha value is -3.28. The maximum Gasteiger partial charge on any atom is 0.185 e. The molecule has 0 spiro atoms. The summed E-state index contributed by atoms with van der Waals surface area (Å²) in [6, 6.07) is 11.7. The molecule has 0 unspecified atom stereocenters. The van der Waals surface area contributed by atoms with Crippen LogP contribution in [-0.4, -0.2) is 25.8 Å². The van der Waals surface area contributed by atoms with Gasteiger partial charge in [0.05, 0.1) is 5.69 Å². The van der Waals surface area contributed by atoms with E-state index in [1.54, 1.807) is 54.2 Å². The van der Waals surface area contributed by atoms with Crippen LogP contribution in [0.4, 0.5) is 5.69 Å². The molecule has 0 aliphatic rings. The van der Waals surface area contributed by atoms with E-state index >= 15 is 0 Å². The molecule has 0 fully saturated rings. The van der Waals surface area contributed by atoms with Crippen LogP contribution in [0, 0.1) is 20.8 Å². The van der Waals surface area contributed by atoms with Crippen LogP contribution in [0.1, 0.15) is 32.9 Å². The molecule has 1 heterocycles. The van der Waals surface area contributed by atoms with Crippen molar-refractivity contribution in [2.75, 3.05) is 5.73 Å². The van der Waals surface area contributed by atoms with Gasteiger partial charge < -0.3 is 15.9 Å². The van der Waals surface area contributed by atoms with Crippen LogP contribution in [0.2, 0.25) is 0 Å². The zero-order valence-electron chi connectivity index (χ0n) is 16.0. The highest BCUT2D eigenvalue weighted by molar-refractivity contribution is 5.96. The molecule has 0 radical (unpaired) electrons. The van der Waals surface area contributed by atoms with Crippen LogP contribution in [0.25, 0.3) is 0 Å². The van der Waals surface area contributed by atoms with Gasteiger partial charge in [0.25, 0.3) is 0 Å². The summed E-state index contributed by atoms with van der Waals surface area (Å²) in [6.07, 6.45) is 0.324. The van der Waals surface area contributed by atoms with Gasteiger partial charge >= 0.3 is 0 Å². The highest BCUT2D eigenvalue weighted by atomic mass is 16.3. The van der Waals surface area contributed by atoms with Crippen molar-refractivity contribution in [3.63, 3.8) is 0 Å². The van der Waals surface area contributed by atoms with Crippen LogP contribution in [0.5, 0.6) is 11.5 Å². The minimum Gasteiger partial charge on any atom is -0.508 e. The van der Waals surface area contributed by atoms with Crippen molar-refractivity contribution in [3.8, 4) is 11.5 Å². The monoisotopic (exact) mass is 367 g/mol. The molecular weight excluding hydrogens is 342 g/mol. The van der Waals surface area contributed by atoms with Crippen molar-refractivity contribution in [1.82, 2.24) is 9.78 Å². The van der Waals surface area contributed by atoms with E-state index in [0.717, 1.165) is 22.4 Å². The molecule has 6 nitrogen and oxygen atoms in total. The first-order valence-electron chi connectivity index (χ1n) is 8.54. The minimum absolute atomic E-state index is 0.0342. The van der Waals surface area contributed by atoms with E-state index < -0.39 is 0 Å². The Balaban J connectivity index is 0.000000244. The number of nitrogens with zero attached hydrogens (tertiary/aromatic N) is 2. The fraction of sp³-hybridized carbons (Fsp3) is 0.238. The van der Waals surface area contributed by atoms with Crippen molar-refractivity contribution in [2.24, 2.45) is 7.05 Å². The number of phenols is 2. The molecule has 0 saturated heterocycles. The van der Waals surface area contributed by atoms with E-state index in [4.69, 9.17) is 10.8 Å². The van der Waals surface area contributed by atoms with E-state index in [1.807, 2.05) is 20.8 Å². The Bertz CT molecular complexity index is 961. The standard InChI is InChI=1S/C14H16N2O2.C7H9NO/c1-9-6-12(17)5-4-11(9)8-14(18)13-7-10(2)15-16(13)3;1-5-4-6(9)2-3-7(5)8/h4-7,17H,8H2,1-3H3;2-4,9H,8H2,1H3. The zero-order chi connectivity index (χ0) is 20.1. The van der Waals surface area contributed by atoms with Gasteiger partial charge in [-0.25, -0.2) is 0 Å². The first kappa shape index (κ1) is 20.0. The maximum atomic E-state index is 12.2. The molecule has 0 amide bonds. The lowest BCUT2D eigenvalue weighted by Crippen LogP contribution is -2.10. The molecule has 3 rings (SSSR count). The maximum absolute atomic E-state index is 12.2. The van der Waals surface area contributed by atoms with Gasteiger partial charge in [0, 0.05) is 19.2 Å². The van der Waals surface area contributed by atoms with Gasteiger partial charge in [-0.1, -0.05) is 6.07 Å². The quantitative estimate of drug-likeness (QED) is 0.374. The number of benzene rings is 2. The number of ketones is 1. The Morgan fingerprint density at radius 3 is 2.07 bits per heavy atom. The molecule has 27 heavy (non-hydrogen) atoms. The van der Waals surface area contributed by atoms with Crippen LogP contribution in [0.3, 0.4) is 0 Å². The van der Waals surface area contributed by atoms with Crippen LogP contribution in [-0.2, 0) is 13.5 Å². The van der Waals surface area contributed by atoms with Gasteiger partial charge in [-0.3, -0.25) is 9.48 Å². The number of nitrogens with two attached hydrogens (primary N) is 1. The number of carbonyl (C=O) groups is 1. The first-order valence-corrected chi connectivity index (χ1v) is 8.54. The first-order chi connectivity index (χ1) is 12.7. The number of anilines is 1. The lowest BCUT2D eigenvalue weighted by atomic mass is 10.0. The number of hydrogen-bond donors (Lipinski definition) is 3. The van der Waals surface area contributed by atoms with Crippen molar-refractivity contribution < 1.29 is 15.0 Å². The molecule has 1 aromatic heterocycles. The van der Waals surface area contributed by atoms with Crippen molar-refractivity contribution in [1.29, 1.82) is 0 Å². The topological polar surface area (TPSA) is 101 Å². The van der Waals surface area contributed by atoms with E-state index in [2.05, 4.69) is 5.10 Å². The van der Waals surface area contributed by atoms with Crippen LogP contribution >= 0.6 is 0 Å². The van der Waals surface area contributed by atoms with Gasteiger partial charge in [-0.2, -0.15) is 5.10 Å². The molecule has 4 N–H and O–H groups in total. The zero-order valence-corrected chi connectivity index (χ0v) is 16.0. The molecule has 0 atom stereocenters. The molecule has 0 saturated carbocycles. The number of Topliss-reactive ketones (excluding diaryl/α,β-unsaturated/α-hetero) is 1. The minimum atomic E-state index is 0.0342. The Labute approximate surface area is 158 Å². The molecule has 142 valence electrons. The predicted molar refractivity (Wildman–Crippen MR) is 106 cm³/mol. The van der Waals surface area contributed by atoms with E-state index in [-0.39, 0.29) is 17.3 Å². The summed E-state index contributed by atoms with van der Waals surface area (Å²) in [7, 11) is 1.77. The summed E-state index contributed by atoms with van der Waals surface area (Å²) in [6.45, 7) is 5.61. The predicted octanol–water partition coefficient (Wildman–Crippen LogP) is 3.45. The second-order valence-corrected chi connectivity index (χ2v) is 6.55.